The number of carboxylic acids is 3. The van der Waals surface area contributed by atoms with Gasteiger partial charge in [-0.05, 0) is 57.9 Å². The van der Waals surface area contributed by atoms with Gasteiger partial charge in [0.15, 0.2) is 33.0 Å². The minimum atomic E-state index is -1.15. The highest BCUT2D eigenvalue weighted by molar-refractivity contribution is 5.85. The van der Waals surface area contributed by atoms with Crippen molar-refractivity contribution in [3.63, 3.8) is 0 Å². The number of aliphatic hydroxyl groups is 1. The first kappa shape index (κ1) is 89.0. The number of rotatable bonds is 39. The van der Waals surface area contributed by atoms with Gasteiger partial charge in [-0.25, -0.2) is 30.8 Å². The number of ether oxygens (including phenoxy) is 2. The van der Waals surface area contributed by atoms with Crippen LogP contribution in [-0.2, 0) is 81.5 Å². The molecule has 0 rings (SSSR count). The second-order valence-electron chi connectivity index (χ2n) is 16.5. The molecule has 3 atom stereocenters. The summed E-state index contributed by atoms with van der Waals surface area (Å²) in [6.45, 7) is 4.69. The van der Waals surface area contributed by atoms with Crippen LogP contribution in [0.1, 0.15) is 136 Å². The van der Waals surface area contributed by atoms with E-state index in [9.17, 15) is 57.5 Å². The maximum Gasteiger partial charge on any atom is 0.332 e. The van der Waals surface area contributed by atoms with Crippen molar-refractivity contribution in [3.05, 3.63) is 0 Å². The zero-order valence-electron chi connectivity index (χ0n) is 49.7. The molecule has 30 heteroatoms. The molecule has 0 fully saturated rings. The molecule has 15 N–H and O–H groups in total. The maximum absolute atomic E-state index is 11.9. The van der Waals surface area contributed by atoms with Gasteiger partial charge in [0.1, 0.15) is 24.7 Å². The summed E-state index contributed by atoms with van der Waals surface area (Å²) in [5, 5.41) is 42.7. The van der Waals surface area contributed by atoms with Gasteiger partial charge >= 0.3 is 29.8 Å². The van der Waals surface area contributed by atoms with E-state index in [0.717, 1.165) is 12.8 Å². The summed E-state index contributed by atoms with van der Waals surface area (Å²) >= 11 is 0. The fourth-order valence-corrected chi connectivity index (χ4v) is 4.92. The Bertz CT molecular complexity index is 2280. The van der Waals surface area contributed by atoms with Crippen LogP contribution in [-0.4, -0.2) is 169 Å². The Morgan fingerprint density at radius 2 is 0.828 bits per heavy atom. The molecule has 0 aromatic rings. The lowest BCUT2D eigenvalue weighted by molar-refractivity contribution is -0.149. The average molecular weight is 1230 g/mol. The van der Waals surface area contributed by atoms with Gasteiger partial charge in [0, 0.05) is 70.9 Å². The third kappa shape index (κ3) is 72.8. The van der Waals surface area contributed by atoms with Gasteiger partial charge in [-0.2, -0.15) is 0 Å². The second-order valence-corrected chi connectivity index (χ2v) is 16.5. The molecule has 0 aliphatic heterocycles. The monoisotopic (exact) mass is 1230 g/mol. The normalized spacial score (nSPS) is 10.2. The number of hydrogen-bond donors (Lipinski definition) is 13. The molecular formula is C57H87N9O21. The number of hydrogen-bond acceptors (Lipinski definition) is 20. The molecule has 0 spiro atoms. The fraction of sp³-hybridized carbons (Fsp3) is 0.579. The van der Waals surface area contributed by atoms with E-state index in [1.54, 1.807) is 20.8 Å². The highest BCUT2D eigenvalue weighted by Gasteiger charge is 2.22. The van der Waals surface area contributed by atoms with E-state index in [-0.39, 0.29) is 103 Å². The van der Waals surface area contributed by atoms with E-state index in [4.69, 9.17) is 78.4 Å². The SMILES string of the molecule is C#CCCC(=O)NOCC(=O)NCCCCC(NC(=O)CC)C(=O)O.C#CCCC(=O)NOCC(=O)NCCCCC(NC(=O)CC)C(=O)OCC#C.C#CCCC(=O)NOCC(=O)O.C#CCO.C#CCOC(=O)C(N)CCCCN.CCC(=O)O. The van der Waals surface area contributed by atoms with Crippen LogP contribution >= 0.6 is 0 Å². The van der Waals surface area contributed by atoms with Crippen molar-refractivity contribution in [1.29, 1.82) is 0 Å². The number of terminal acetylenes is 6. The van der Waals surface area contributed by atoms with Crippen molar-refractivity contribution >= 4 is 71.2 Å². The Morgan fingerprint density at radius 1 is 0.460 bits per heavy atom. The summed E-state index contributed by atoms with van der Waals surface area (Å²) in [6.07, 6.45) is 36.5. The minimum absolute atomic E-state index is 0.0105. The fourth-order valence-electron chi connectivity index (χ4n) is 4.92. The van der Waals surface area contributed by atoms with Crippen LogP contribution < -0.4 is 49.2 Å². The van der Waals surface area contributed by atoms with Gasteiger partial charge in [0.2, 0.25) is 41.4 Å². The third-order valence-electron chi connectivity index (χ3n) is 9.29. The molecule has 486 valence electrons. The van der Waals surface area contributed by atoms with Crippen LogP contribution in [0.3, 0.4) is 0 Å². The number of carboxylic acid groups (broad SMARTS) is 3. The summed E-state index contributed by atoms with van der Waals surface area (Å²) in [5.74, 6) is 6.66. The lowest BCUT2D eigenvalue weighted by Crippen LogP contribution is -2.41. The molecule has 3 unspecified atom stereocenters. The van der Waals surface area contributed by atoms with E-state index >= 15 is 0 Å². The molecule has 0 aliphatic carbocycles. The van der Waals surface area contributed by atoms with Crippen molar-refractivity contribution in [2.75, 3.05) is 59.3 Å². The Kier molecular flexibility index (Phi) is 69.1. The average Bonchev–Trinajstić information content (AvgIpc) is 3.58. The van der Waals surface area contributed by atoms with E-state index in [1.165, 1.54) is 0 Å². The summed E-state index contributed by atoms with van der Waals surface area (Å²) < 4.78 is 9.51. The Balaban J connectivity index is -0.000000251. The van der Waals surface area contributed by atoms with E-state index in [0.29, 0.717) is 64.6 Å². The Labute approximate surface area is 508 Å². The Hall–Kier alpha value is -9.24. The molecule has 0 saturated carbocycles. The van der Waals surface area contributed by atoms with Gasteiger partial charge in [0.25, 0.3) is 0 Å². The molecular weight excluding hydrogens is 1150 g/mol. The second kappa shape index (κ2) is 67.5. The topological polar surface area (TPSA) is 468 Å². The van der Waals surface area contributed by atoms with E-state index in [1.807, 2.05) is 11.4 Å². The van der Waals surface area contributed by atoms with Gasteiger partial charge in [-0.15, -0.1) is 56.3 Å². The van der Waals surface area contributed by atoms with Gasteiger partial charge < -0.3 is 62.6 Å². The number of unbranched alkanes of at least 4 members (excludes halogenated alkanes) is 3. The van der Waals surface area contributed by atoms with Crippen LogP contribution in [0.5, 0.6) is 0 Å². The molecule has 7 amide bonds. The quantitative estimate of drug-likeness (QED) is 0.0148. The van der Waals surface area contributed by atoms with Crippen LogP contribution in [0.2, 0.25) is 0 Å². The molecule has 0 aromatic heterocycles. The van der Waals surface area contributed by atoms with Gasteiger partial charge in [-0.3, -0.25) is 57.7 Å². The number of carbonyl (C=O) groups excluding carboxylic acids is 9. The molecule has 0 radical (unpaired) electrons. The lowest BCUT2D eigenvalue weighted by atomic mass is 10.1. The molecule has 87 heavy (non-hydrogen) atoms. The summed E-state index contributed by atoms with van der Waals surface area (Å²) in [7, 11) is 0. The number of nitrogens with two attached hydrogens (primary N) is 2. The molecule has 0 heterocycles. The molecule has 0 aliphatic rings. The van der Waals surface area contributed by atoms with Crippen LogP contribution in [0.4, 0.5) is 0 Å². The third-order valence-corrected chi connectivity index (χ3v) is 9.29. The molecule has 30 nitrogen and oxygen atoms in total. The van der Waals surface area contributed by atoms with Gasteiger partial charge in [0.05, 0.1) is 0 Å². The molecule has 0 aromatic carbocycles. The van der Waals surface area contributed by atoms with Crippen LogP contribution in [0, 0.1) is 74.1 Å². The van der Waals surface area contributed by atoms with Crippen molar-refractivity contribution in [2.45, 2.75) is 154 Å². The van der Waals surface area contributed by atoms with Crippen molar-refractivity contribution < 1.29 is 102 Å². The number of aliphatic hydroxyl groups excluding tert-OH is 1. The van der Waals surface area contributed by atoms with Gasteiger partial charge in [-0.1, -0.05) is 45.0 Å². The number of amides is 7. The summed E-state index contributed by atoms with van der Waals surface area (Å²) in [6, 6.07) is -2.28. The first-order valence-electron chi connectivity index (χ1n) is 26.9. The predicted molar refractivity (Wildman–Crippen MR) is 314 cm³/mol. The molecule has 0 bridgehead atoms. The molecule has 0 saturated heterocycles. The highest BCUT2D eigenvalue weighted by Crippen LogP contribution is 2.05. The van der Waals surface area contributed by atoms with E-state index < -0.39 is 84.1 Å². The van der Waals surface area contributed by atoms with Crippen molar-refractivity contribution in [1.82, 2.24) is 37.7 Å². The standard InChI is InChI=1S/C19H27N3O6.C16H25N3O6.C9H16N2O2.C7H9NO4.C3H6O2.C3H4O/c1-4-7-11-17(24)22-28-14-18(25)20-12-9-8-10-15(21-16(23)6-3)19(26)27-13-5-2;1-3-5-9-14(21)19-25-11-15(22)17-10-7-6-8-12(16(23)24)18-13(20)4-2;1-2-7-13-9(12)8(11)5-3-4-6-10;1-2-3-4-6(9)8-12-5-7(10)11;1-2-3(4)5;1-2-3-4/h1-2,15H,6-14H2,3H3,(H,20,25)(H,21,23)(H,22,24);1,12H,4-11H2,2H3,(H,17,22)(H,18,20)(H,19,21)(H,23,24);1,8H,3-7,10-11H2;1H,3-5H2,(H,8,9)(H,10,11);2H2,1H3,(H,4,5);1,4H,3H2. The lowest BCUT2D eigenvalue weighted by Gasteiger charge is -2.16. The van der Waals surface area contributed by atoms with Crippen LogP contribution in [0.15, 0.2) is 0 Å². The smallest absolute Gasteiger partial charge is 0.332 e. The highest BCUT2D eigenvalue weighted by atomic mass is 16.7. The van der Waals surface area contributed by atoms with Crippen LogP contribution in [0.25, 0.3) is 0 Å². The number of nitrogens with one attached hydrogen (secondary N) is 7. The zero-order valence-corrected chi connectivity index (χ0v) is 49.7. The number of hydroxylamine groups is 3. The first-order valence-corrected chi connectivity index (χ1v) is 26.9. The Morgan fingerprint density at radius 3 is 1.16 bits per heavy atom. The number of carbonyl (C=O) groups is 12. The largest absolute Gasteiger partial charge is 0.481 e. The number of aliphatic carboxylic acids is 3. The van der Waals surface area contributed by atoms with Crippen molar-refractivity contribution in [3.8, 4) is 74.1 Å². The summed E-state index contributed by atoms with van der Waals surface area (Å²) in [4.78, 5) is 146. The first-order chi connectivity index (χ1) is 41.4. The van der Waals surface area contributed by atoms with E-state index in [2.05, 4.69) is 77.8 Å². The summed E-state index contributed by atoms with van der Waals surface area (Å²) in [5.41, 5.74) is 17.0. The zero-order chi connectivity index (χ0) is 67.5. The minimum Gasteiger partial charge on any atom is -0.481 e. The maximum atomic E-state index is 11.9. The predicted octanol–water partition coefficient (Wildman–Crippen LogP) is -1.24. The van der Waals surface area contributed by atoms with Crippen molar-refractivity contribution in [2.24, 2.45) is 11.5 Å². The number of esters is 2.